The Morgan fingerprint density at radius 2 is 1.74 bits per heavy atom. The molecule has 0 aromatic heterocycles. The number of halogens is 4. The average Bonchev–Trinajstić information content (AvgIpc) is 2.74. The summed E-state index contributed by atoms with van der Waals surface area (Å²) in [6, 6.07) is 8.93. The molecule has 0 aliphatic carbocycles. The SMILES string of the molecule is CSC(NC(C)COCc1ccccc1)=C(C(=O)O)C(=O)c1cc(F)c(F)c(F)c1F. The molecule has 2 aromatic rings. The van der Waals surface area contributed by atoms with Crippen LogP contribution in [0.15, 0.2) is 47.0 Å². The Kier molecular flexibility index (Phi) is 8.64. The fraction of sp³-hybridized carbons (Fsp3) is 0.238. The van der Waals surface area contributed by atoms with E-state index in [1.54, 1.807) is 6.92 Å². The van der Waals surface area contributed by atoms with E-state index in [1.165, 1.54) is 6.26 Å². The maximum absolute atomic E-state index is 14.0. The summed E-state index contributed by atoms with van der Waals surface area (Å²) in [5.74, 6) is -11.3. The standard InChI is InChI=1S/C21H19F4NO4S/c1-11(9-30-10-12-6-4-3-5-7-12)26-20(31-2)15(21(28)29)19(27)13-8-14(22)17(24)18(25)16(13)23/h3-8,11,26H,9-10H2,1-2H3,(H,28,29). The molecule has 0 heterocycles. The third-order valence-corrected chi connectivity index (χ3v) is 4.81. The Morgan fingerprint density at radius 1 is 1.10 bits per heavy atom. The second kappa shape index (κ2) is 11.0. The van der Waals surface area contributed by atoms with Crippen LogP contribution in [-0.4, -0.2) is 35.8 Å². The number of thioether (sulfide) groups is 1. The van der Waals surface area contributed by atoms with Crippen molar-refractivity contribution in [2.24, 2.45) is 0 Å². The quantitative estimate of drug-likeness (QED) is 0.106. The lowest BCUT2D eigenvalue weighted by molar-refractivity contribution is -0.132. The molecule has 0 radical (unpaired) electrons. The summed E-state index contributed by atoms with van der Waals surface area (Å²) in [6.07, 6.45) is 1.46. The number of hydrogen-bond donors (Lipinski definition) is 2. The lowest BCUT2D eigenvalue weighted by Gasteiger charge is -2.19. The smallest absolute Gasteiger partial charge is 0.342 e. The molecule has 0 saturated heterocycles. The van der Waals surface area contributed by atoms with Crippen LogP contribution in [0.25, 0.3) is 0 Å². The van der Waals surface area contributed by atoms with Gasteiger partial charge in [0.05, 0.1) is 23.8 Å². The number of nitrogens with one attached hydrogen (secondary N) is 1. The Hall–Kier alpha value is -2.85. The van der Waals surface area contributed by atoms with Crippen molar-refractivity contribution in [3.63, 3.8) is 0 Å². The first kappa shape index (κ1) is 24.4. The van der Waals surface area contributed by atoms with E-state index >= 15 is 0 Å². The molecule has 0 aliphatic rings. The number of carbonyl (C=O) groups excluding carboxylic acids is 1. The van der Waals surface area contributed by atoms with E-state index in [0.29, 0.717) is 6.61 Å². The minimum atomic E-state index is -2.20. The summed E-state index contributed by atoms with van der Waals surface area (Å²) in [4.78, 5) is 24.3. The zero-order valence-corrected chi connectivity index (χ0v) is 17.4. The average molecular weight is 457 g/mol. The van der Waals surface area contributed by atoms with Crippen LogP contribution in [0.4, 0.5) is 17.6 Å². The lowest BCUT2D eigenvalue weighted by atomic mass is 10.0. The van der Waals surface area contributed by atoms with Gasteiger partial charge in [-0.3, -0.25) is 4.79 Å². The number of carboxylic acids is 1. The van der Waals surface area contributed by atoms with Gasteiger partial charge in [0.25, 0.3) is 0 Å². The number of aliphatic carboxylic acids is 1. The highest BCUT2D eigenvalue weighted by atomic mass is 32.2. The zero-order valence-electron chi connectivity index (χ0n) is 16.5. The molecule has 1 atom stereocenters. The molecule has 2 N–H and O–H groups in total. The number of ether oxygens (including phenoxy) is 1. The highest BCUT2D eigenvalue weighted by Crippen LogP contribution is 2.24. The molecule has 2 aromatic carbocycles. The molecular formula is C21H19F4NO4S. The van der Waals surface area contributed by atoms with Crippen molar-refractivity contribution in [3.05, 3.63) is 81.4 Å². The van der Waals surface area contributed by atoms with Crippen LogP contribution in [0.3, 0.4) is 0 Å². The van der Waals surface area contributed by atoms with Gasteiger partial charge >= 0.3 is 5.97 Å². The van der Waals surface area contributed by atoms with Gasteiger partial charge in [0.15, 0.2) is 23.3 Å². The van der Waals surface area contributed by atoms with Crippen molar-refractivity contribution in [3.8, 4) is 0 Å². The second-order valence-corrected chi connectivity index (χ2v) is 7.25. The van der Waals surface area contributed by atoms with Gasteiger partial charge in [0, 0.05) is 6.04 Å². The van der Waals surface area contributed by atoms with E-state index in [2.05, 4.69) is 5.32 Å². The molecule has 166 valence electrons. The predicted molar refractivity (Wildman–Crippen MR) is 107 cm³/mol. The van der Waals surface area contributed by atoms with Gasteiger partial charge in [-0.2, -0.15) is 0 Å². The Bertz CT molecular complexity index is 999. The van der Waals surface area contributed by atoms with Crippen LogP contribution < -0.4 is 5.32 Å². The van der Waals surface area contributed by atoms with E-state index in [4.69, 9.17) is 4.74 Å². The molecule has 0 spiro atoms. The normalized spacial score (nSPS) is 12.8. The van der Waals surface area contributed by atoms with Crippen molar-refractivity contribution in [2.45, 2.75) is 19.6 Å². The zero-order chi connectivity index (χ0) is 23.1. The van der Waals surface area contributed by atoms with E-state index < -0.39 is 52.2 Å². The number of Topliss-reactive ketones (excluding diaryl/α,β-unsaturated/α-hetero) is 1. The van der Waals surface area contributed by atoms with Crippen LogP contribution in [0.5, 0.6) is 0 Å². The first-order valence-electron chi connectivity index (χ1n) is 8.94. The summed E-state index contributed by atoms with van der Waals surface area (Å²) in [6.45, 7) is 2.09. The summed E-state index contributed by atoms with van der Waals surface area (Å²) >= 11 is 0.832. The van der Waals surface area contributed by atoms with Crippen molar-refractivity contribution in [1.82, 2.24) is 5.32 Å². The van der Waals surface area contributed by atoms with Gasteiger partial charge in [-0.05, 0) is 24.8 Å². The van der Waals surface area contributed by atoms with Gasteiger partial charge in [0.2, 0.25) is 5.78 Å². The first-order valence-corrected chi connectivity index (χ1v) is 10.2. The number of benzene rings is 2. The Balaban J connectivity index is 2.24. The largest absolute Gasteiger partial charge is 0.477 e. The monoisotopic (exact) mass is 457 g/mol. The van der Waals surface area contributed by atoms with Crippen molar-refractivity contribution >= 4 is 23.5 Å². The van der Waals surface area contributed by atoms with E-state index in [1.807, 2.05) is 30.3 Å². The van der Waals surface area contributed by atoms with Crippen LogP contribution in [0, 0.1) is 23.3 Å². The summed E-state index contributed by atoms with van der Waals surface area (Å²) in [7, 11) is 0. The van der Waals surface area contributed by atoms with Crippen LogP contribution >= 0.6 is 11.8 Å². The van der Waals surface area contributed by atoms with Gasteiger partial charge < -0.3 is 15.2 Å². The topological polar surface area (TPSA) is 75.6 Å². The lowest BCUT2D eigenvalue weighted by Crippen LogP contribution is -2.32. The highest BCUT2D eigenvalue weighted by Gasteiger charge is 2.30. The predicted octanol–water partition coefficient (Wildman–Crippen LogP) is 4.28. The van der Waals surface area contributed by atoms with Crippen LogP contribution in [0.1, 0.15) is 22.8 Å². The van der Waals surface area contributed by atoms with Crippen molar-refractivity contribution < 1.29 is 37.0 Å². The summed E-state index contributed by atoms with van der Waals surface area (Å²) in [5, 5.41) is 12.1. The molecule has 0 fully saturated rings. The third-order valence-electron chi connectivity index (χ3n) is 4.08. The molecule has 0 aliphatic heterocycles. The highest BCUT2D eigenvalue weighted by molar-refractivity contribution is 8.02. The fourth-order valence-electron chi connectivity index (χ4n) is 2.60. The number of hydrogen-bond acceptors (Lipinski definition) is 5. The number of ketones is 1. The minimum absolute atomic E-state index is 0.128. The molecule has 1 unspecified atom stereocenters. The van der Waals surface area contributed by atoms with Crippen molar-refractivity contribution in [1.29, 1.82) is 0 Å². The Morgan fingerprint density at radius 3 is 2.32 bits per heavy atom. The van der Waals surface area contributed by atoms with Crippen molar-refractivity contribution in [2.75, 3.05) is 12.9 Å². The van der Waals surface area contributed by atoms with E-state index in [-0.39, 0.29) is 17.7 Å². The molecule has 0 saturated carbocycles. The first-order chi connectivity index (χ1) is 14.7. The van der Waals surface area contributed by atoms with Gasteiger partial charge in [-0.15, -0.1) is 11.8 Å². The summed E-state index contributed by atoms with van der Waals surface area (Å²) < 4.78 is 59.7. The maximum Gasteiger partial charge on any atom is 0.342 e. The minimum Gasteiger partial charge on any atom is -0.477 e. The number of rotatable bonds is 10. The molecule has 10 heteroatoms. The van der Waals surface area contributed by atoms with Gasteiger partial charge in [-0.1, -0.05) is 30.3 Å². The molecular weight excluding hydrogens is 438 g/mol. The van der Waals surface area contributed by atoms with Crippen LogP contribution in [0.2, 0.25) is 0 Å². The third kappa shape index (κ3) is 6.08. The number of carboxylic acid groups (broad SMARTS) is 1. The van der Waals surface area contributed by atoms with Crippen LogP contribution in [-0.2, 0) is 16.1 Å². The molecule has 31 heavy (non-hydrogen) atoms. The molecule has 0 bridgehead atoms. The molecule has 5 nitrogen and oxygen atoms in total. The second-order valence-electron chi connectivity index (χ2n) is 6.44. The van der Waals surface area contributed by atoms with Gasteiger partial charge in [0.1, 0.15) is 5.57 Å². The summed E-state index contributed by atoms with van der Waals surface area (Å²) in [5.41, 5.74) is -1.24. The Labute approximate surface area is 180 Å². The number of carbonyl (C=O) groups is 2. The molecule has 0 amide bonds. The fourth-order valence-corrected chi connectivity index (χ4v) is 3.30. The van der Waals surface area contributed by atoms with E-state index in [9.17, 15) is 32.3 Å². The molecule has 2 rings (SSSR count). The van der Waals surface area contributed by atoms with E-state index in [0.717, 1.165) is 17.3 Å². The maximum atomic E-state index is 14.0. The van der Waals surface area contributed by atoms with Gasteiger partial charge in [-0.25, -0.2) is 22.4 Å².